The molecule has 0 aliphatic heterocycles. The van der Waals surface area contributed by atoms with Crippen molar-refractivity contribution in [2.45, 2.75) is 82.9 Å². The molecule has 4 rings (SSSR count). The molecule has 0 aliphatic rings. The van der Waals surface area contributed by atoms with Gasteiger partial charge in [0.05, 0.1) is 9.79 Å². The second-order valence-corrected chi connectivity index (χ2v) is 17.2. The topological polar surface area (TPSA) is 162 Å². The molecule has 4 aromatic rings. The molecule has 0 unspecified atom stereocenters. The molecule has 0 aliphatic carbocycles. The number of benzene rings is 4. The van der Waals surface area contributed by atoms with Crippen LogP contribution in [-0.4, -0.2) is 52.9 Å². The summed E-state index contributed by atoms with van der Waals surface area (Å²) in [6.07, 6.45) is -1.05. The van der Waals surface area contributed by atoms with Crippen molar-refractivity contribution in [3.63, 3.8) is 0 Å². The van der Waals surface area contributed by atoms with Crippen LogP contribution in [0.15, 0.2) is 119 Å². The number of rotatable bonds is 8. The first-order valence-corrected chi connectivity index (χ1v) is 20.6. The number of nitrogens with zero attached hydrogens (tertiary/aromatic N) is 1. The molecule has 0 saturated heterocycles. The van der Waals surface area contributed by atoms with E-state index in [1.165, 1.54) is 43.9 Å². The lowest BCUT2D eigenvalue weighted by Gasteiger charge is -2.19. The smallest absolute Gasteiger partial charge is 0.415 e. The van der Waals surface area contributed by atoms with Gasteiger partial charge in [0.25, 0.3) is 10.0 Å². The molecule has 0 aromatic heterocycles. The van der Waals surface area contributed by atoms with Crippen molar-refractivity contribution in [2.24, 2.45) is 5.14 Å². The molecule has 54 heavy (non-hydrogen) atoms. The summed E-state index contributed by atoms with van der Waals surface area (Å²) in [5.41, 5.74) is 1.22. The summed E-state index contributed by atoms with van der Waals surface area (Å²) in [5.74, 6) is 0.728. The van der Waals surface area contributed by atoms with E-state index in [9.17, 15) is 26.4 Å². The SMILES string of the molecule is CC(C)(C)c1ccc(S(=O)(=O)NC(=O)Oc2ccccc2)cc1.CC(C)(C)c1ccc(S(N)(=O)=O)cc1.CCN(CC)CC.O=C(Cl)Oc1ccccc1. The van der Waals surface area contributed by atoms with Gasteiger partial charge in [0, 0.05) is 11.6 Å². The molecule has 296 valence electrons. The van der Waals surface area contributed by atoms with Crippen LogP contribution in [-0.2, 0) is 30.9 Å². The number of halogens is 1. The van der Waals surface area contributed by atoms with Crippen LogP contribution >= 0.6 is 11.6 Å². The van der Waals surface area contributed by atoms with Crippen molar-refractivity contribution in [2.75, 3.05) is 19.6 Å². The predicted octanol–water partition coefficient (Wildman–Crippen LogP) is 8.87. The van der Waals surface area contributed by atoms with Gasteiger partial charge < -0.3 is 14.4 Å². The fraction of sp³-hybridized carbons (Fsp3) is 0.350. The minimum Gasteiger partial charge on any atom is -0.415 e. The number of nitrogens with one attached hydrogen (secondary N) is 1. The third kappa shape index (κ3) is 18.7. The number of carbonyl (C=O) groups excluding carboxylic acids is 2. The molecule has 0 spiro atoms. The summed E-state index contributed by atoms with van der Waals surface area (Å²) < 4.78 is 57.7. The zero-order chi connectivity index (χ0) is 41.2. The number of para-hydroxylation sites is 2. The highest BCUT2D eigenvalue weighted by Gasteiger charge is 2.21. The van der Waals surface area contributed by atoms with Gasteiger partial charge in [0.2, 0.25) is 10.0 Å². The molecule has 1 amide bonds. The van der Waals surface area contributed by atoms with Crippen LogP contribution in [0.3, 0.4) is 0 Å². The van der Waals surface area contributed by atoms with Gasteiger partial charge in [0.15, 0.2) is 0 Å². The monoisotopic (exact) mass is 803 g/mol. The van der Waals surface area contributed by atoms with E-state index in [-0.39, 0.29) is 26.4 Å². The summed E-state index contributed by atoms with van der Waals surface area (Å²) in [6, 6.07) is 30.0. The van der Waals surface area contributed by atoms with Gasteiger partial charge in [-0.15, -0.1) is 0 Å². The van der Waals surface area contributed by atoms with Gasteiger partial charge in [-0.2, -0.15) is 0 Å². The number of hydrogen-bond acceptors (Lipinski definition) is 9. The van der Waals surface area contributed by atoms with E-state index in [1.54, 1.807) is 78.9 Å². The zero-order valence-electron chi connectivity index (χ0n) is 32.5. The summed E-state index contributed by atoms with van der Waals surface area (Å²) in [6.45, 7) is 22.4. The fourth-order valence-corrected chi connectivity index (χ4v) is 5.79. The molecule has 0 atom stereocenters. The van der Waals surface area contributed by atoms with Crippen LogP contribution in [0.4, 0.5) is 9.59 Å². The van der Waals surface area contributed by atoms with Gasteiger partial charge in [0.1, 0.15) is 11.5 Å². The summed E-state index contributed by atoms with van der Waals surface area (Å²) >= 11 is 4.95. The number of carbonyl (C=O) groups is 2. The first-order valence-electron chi connectivity index (χ1n) is 17.2. The molecule has 11 nitrogen and oxygen atoms in total. The zero-order valence-corrected chi connectivity index (χ0v) is 34.9. The first kappa shape index (κ1) is 47.8. The predicted molar refractivity (Wildman–Crippen MR) is 216 cm³/mol. The Morgan fingerprint density at radius 2 is 0.963 bits per heavy atom. The largest absolute Gasteiger partial charge is 0.426 e. The standard InChI is InChI=1S/C17H19NO4S.C10H15NO2S.C7H5ClO2.C6H15N/c1-17(2,3)13-9-11-15(12-10-13)23(20,21)18-16(19)22-14-7-5-4-6-8-14;1-10(2,3)8-4-6-9(7-5-8)14(11,12)13;8-7(9)10-6-4-2-1-3-5-6;1-4-7(5-2)6-3/h4-12H,1-3H3,(H,18,19);4-7H,1-3H3,(H2,11,12,13);1-5H;4-6H2,1-3H3. The number of hydrogen-bond donors (Lipinski definition) is 2. The van der Waals surface area contributed by atoms with Gasteiger partial charge in [-0.3, -0.25) is 0 Å². The number of primary sulfonamides is 1. The van der Waals surface area contributed by atoms with E-state index >= 15 is 0 Å². The molecule has 0 saturated carbocycles. The molecule has 14 heteroatoms. The second-order valence-electron chi connectivity index (χ2n) is 13.7. The summed E-state index contributed by atoms with van der Waals surface area (Å²) in [4.78, 5) is 24.4. The van der Waals surface area contributed by atoms with Crippen LogP contribution in [0, 0.1) is 0 Å². The maximum Gasteiger partial charge on any atom is 0.426 e. The summed E-state index contributed by atoms with van der Waals surface area (Å²) in [7, 11) is -7.53. The number of amides is 1. The van der Waals surface area contributed by atoms with Crippen molar-refractivity contribution >= 4 is 43.2 Å². The molecule has 0 fully saturated rings. The minimum atomic E-state index is -3.97. The van der Waals surface area contributed by atoms with Gasteiger partial charge >= 0.3 is 11.5 Å². The van der Waals surface area contributed by atoms with Crippen molar-refractivity contribution in [1.29, 1.82) is 0 Å². The Morgan fingerprint density at radius 3 is 1.26 bits per heavy atom. The van der Waals surface area contributed by atoms with Crippen LogP contribution < -0.4 is 19.3 Å². The third-order valence-electron chi connectivity index (χ3n) is 7.53. The lowest BCUT2D eigenvalue weighted by Crippen LogP contribution is -2.33. The maximum atomic E-state index is 12.2. The van der Waals surface area contributed by atoms with Crippen LogP contribution in [0.1, 0.15) is 73.4 Å². The van der Waals surface area contributed by atoms with Crippen molar-refractivity contribution < 1.29 is 35.9 Å². The molecular formula is C40H54ClN3O8S2. The van der Waals surface area contributed by atoms with Crippen molar-refractivity contribution in [3.05, 3.63) is 120 Å². The van der Waals surface area contributed by atoms with E-state index in [0.29, 0.717) is 5.75 Å². The fourth-order valence-electron chi connectivity index (χ4n) is 4.32. The molecule has 0 radical (unpaired) electrons. The van der Waals surface area contributed by atoms with Gasteiger partial charge in [-0.05, 0) is 90.1 Å². The van der Waals surface area contributed by atoms with E-state index in [0.717, 1.165) is 11.1 Å². The quantitative estimate of drug-likeness (QED) is 0.166. The molecular weight excluding hydrogens is 750 g/mol. The Balaban J connectivity index is 0.000000399. The molecule has 0 heterocycles. The van der Waals surface area contributed by atoms with E-state index in [1.807, 2.05) is 31.6 Å². The lowest BCUT2D eigenvalue weighted by molar-refractivity contribution is 0.206. The second kappa shape index (κ2) is 22.2. The Labute approximate surface area is 326 Å². The molecule has 3 N–H and O–H groups in total. The number of nitrogens with two attached hydrogens (primary N) is 1. The van der Waals surface area contributed by atoms with Crippen LogP contribution in [0.2, 0.25) is 0 Å². The summed E-state index contributed by atoms with van der Waals surface area (Å²) in [5, 5.41) is 4.99. The Morgan fingerprint density at radius 1 is 0.611 bits per heavy atom. The average Bonchev–Trinajstić information content (AvgIpc) is 3.09. The van der Waals surface area contributed by atoms with Crippen LogP contribution in [0.25, 0.3) is 0 Å². The normalized spacial score (nSPS) is 11.3. The van der Waals surface area contributed by atoms with Gasteiger partial charge in [-0.25, -0.2) is 36.3 Å². The first-order chi connectivity index (χ1) is 25.0. The Bertz CT molecular complexity index is 1920. The third-order valence-corrected chi connectivity index (χ3v) is 9.87. The maximum absolute atomic E-state index is 12.2. The number of ether oxygens (including phenoxy) is 2. The molecule has 4 aromatic carbocycles. The van der Waals surface area contributed by atoms with Crippen molar-refractivity contribution in [3.8, 4) is 11.5 Å². The van der Waals surface area contributed by atoms with Gasteiger partial charge in [-0.1, -0.05) is 123 Å². The Hall–Kier alpha value is -4.27. The Kier molecular flexibility index (Phi) is 19.6. The minimum absolute atomic E-state index is 0.00973. The van der Waals surface area contributed by atoms with Crippen molar-refractivity contribution in [1.82, 2.24) is 9.62 Å². The molecule has 0 bridgehead atoms. The highest BCUT2D eigenvalue weighted by molar-refractivity contribution is 7.90. The number of sulfonamides is 2. The average molecular weight is 804 g/mol. The highest BCUT2D eigenvalue weighted by Crippen LogP contribution is 2.24. The van der Waals surface area contributed by atoms with Crippen LogP contribution in [0.5, 0.6) is 11.5 Å². The lowest BCUT2D eigenvalue weighted by atomic mass is 9.87. The van der Waals surface area contributed by atoms with E-state index in [2.05, 4.69) is 51.2 Å². The van der Waals surface area contributed by atoms with E-state index < -0.39 is 31.6 Å². The van der Waals surface area contributed by atoms with E-state index in [4.69, 9.17) is 21.5 Å². The highest BCUT2D eigenvalue weighted by atomic mass is 35.5.